The Hall–Kier alpha value is -0.940. The van der Waals surface area contributed by atoms with Crippen molar-refractivity contribution in [3.05, 3.63) is 28.5 Å². The first-order valence-corrected chi connectivity index (χ1v) is 4.96. The Morgan fingerprint density at radius 2 is 2.43 bits per heavy atom. The van der Waals surface area contributed by atoms with E-state index in [9.17, 15) is 4.79 Å². The molecule has 76 valence electrons. The van der Waals surface area contributed by atoms with Crippen molar-refractivity contribution in [2.45, 2.75) is 13.0 Å². The zero-order valence-corrected chi connectivity index (χ0v) is 9.28. The third kappa shape index (κ3) is 3.43. The molecule has 0 saturated carbocycles. The van der Waals surface area contributed by atoms with Gasteiger partial charge >= 0.3 is 0 Å². The third-order valence-corrected chi connectivity index (χ3v) is 1.99. The second-order valence-corrected chi connectivity index (χ2v) is 3.84. The van der Waals surface area contributed by atoms with E-state index in [0.717, 1.165) is 4.47 Å². The topological polar surface area (TPSA) is 62.2 Å². The van der Waals surface area contributed by atoms with Crippen molar-refractivity contribution in [3.63, 3.8) is 0 Å². The minimum atomic E-state index is -0.547. The Bertz CT molecular complexity index is 311. The summed E-state index contributed by atoms with van der Waals surface area (Å²) in [4.78, 5) is 15.3. The van der Waals surface area contributed by atoms with Crippen molar-refractivity contribution < 1.29 is 9.90 Å². The molecule has 1 atom stereocenters. The van der Waals surface area contributed by atoms with Crippen LogP contribution in [0.15, 0.2) is 22.8 Å². The standard InChI is InChI=1S/C9H11BrN2O2/c1-6(13)4-12-9(14)8-3-2-7(10)5-11-8/h2-3,5-6,13H,4H2,1H3,(H,12,14)/t6-/m0/s1. The van der Waals surface area contributed by atoms with Gasteiger partial charge in [-0.1, -0.05) is 0 Å². The molecule has 1 amide bonds. The number of carbonyl (C=O) groups is 1. The van der Waals surface area contributed by atoms with Crippen molar-refractivity contribution in [2.75, 3.05) is 6.54 Å². The maximum atomic E-state index is 11.4. The fourth-order valence-electron chi connectivity index (χ4n) is 0.841. The molecule has 4 nitrogen and oxygen atoms in total. The monoisotopic (exact) mass is 258 g/mol. The second kappa shape index (κ2) is 5.07. The smallest absolute Gasteiger partial charge is 0.269 e. The van der Waals surface area contributed by atoms with Crippen molar-refractivity contribution >= 4 is 21.8 Å². The molecule has 0 radical (unpaired) electrons. The van der Waals surface area contributed by atoms with Gasteiger partial charge in [0.1, 0.15) is 5.69 Å². The molecule has 0 spiro atoms. The van der Waals surface area contributed by atoms with Crippen LogP contribution in [0.4, 0.5) is 0 Å². The number of hydrogen-bond donors (Lipinski definition) is 2. The number of aliphatic hydroxyl groups excluding tert-OH is 1. The van der Waals surface area contributed by atoms with E-state index in [4.69, 9.17) is 5.11 Å². The van der Waals surface area contributed by atoms with E-state index in [2.05, 4.69) is 26.2 Å². The summed E-state index contributed by atoms with van der Waals surface area (Å²) in [6.07, 6.45) is 1.01. The van der Waals surface area contributed by atoms with E-state index in [1.165, 1.54) is 0 Å². The number of nitrogens with one attached hydrogen (secondary N) is 1. The predicted octanol–water partition coefficient (Wildman–Crippen LogP) is 0.955. The quantitative estimate of drug-likeness (QED) is 0.849. The van der Waals surface area contributed by atoms with Gasteiger partial charge in [-0.05, 0) is 35.0 Å². The Kier molecular flexibility index (Phi) is 4.03. The highest BCUT2D eigenvalue weighted by atomic mass is 79.9. The number of halogens is 1. The zero-order chi connectivity index (χ0) is 10.6. The summed E-state index contributed by atoms with van der Waals surface area (Å²) in [6.45, 7) is 1.84. The summed E-state index contributed by atoms with van der Waals surface area (Å²) in [5.74, 6) is -0.279. The number of aliphatic hydroxyl groups is 1. The molecule has 1 aromatic heterocycles. The van der Waals surface area contributed by atoms with Gasteiger partial charge in [0.15, 0.2) is 0 Å². The van der Waals surface area contributed by atoms with Gasteiger partial charge in [0.05, 0.1) is 6.10 Å². The first-order chi connectivity index (χ1) is 6.59. The molecule has 1 aromatic rings. The summed E-state index contributed by atoms with van der Waals surface area (Å²) in [6, 6.07) is 3.35. The molecule has 0 aliphatic carbocycles. The number of nitrogens with zero attached hydrogens (tertiary/aromatic N) is 1. The fraction of sp³-hybridized carbons (Fsp3) is 0.333. The van der Waals surface area contributed by atoms with Crippen LogP contribution < -0.4 is 5.32 Å². The summed E-state index contributed by atoms with van der Waals surface area (Å²) in [5, 5.41) is 11.5. The van der Waals surface area contributed by atoms with Gasteiger partial charge in [0.2, 0.25) is 0 Å². The Labute approximate surface area is 90.5 Å². The van der Waals surface area contributed by atoms with Crippen LogP contribution in [0, 0.1) is 0 Å². The van der Waals surface area contributed by atoms with Crippen molar-refractivity contribution in [3.8, 4) is 0 Å². The van der Waals surface area contributed by atoms with Gasteiger partial charge < -0.3 is 10.4 Å². The third-order valence-electron chi connectivity index (χ3n) is 1.52. The zero-order valence-electron chi connectivity index (χ0n) is 7.70. The van der Waals surface area contributed by atoms with E-state index >= 15 is 0 Å². The molecule has 2 N–H and O–H groups in total. The molecule has 0 aliphatic rings. The Morgan fingerprint density at radius 3 is 2.93 bits per heavy atom. The first kappa shape index (κ1) is 11.1. The lowest BCUT2D eigenvalue weighted by atomic mass is 10.3. The number of rotatable bonds is 3. The molecular weight excluding hydrogens is 248 g/mol. The largest absolute Gasteiger partial charge is 0.392 e. The highest BCUT2D eigenvalue weighted by Crippen LogP contribution is 2.07. The lowest BCUT2D eigenvalue weighted by Crippen LogP contribution is -2.31. The van der Waals surface area contributed by atoms with Crippen LogP contribution in [0.1, 0.15) is 17.4 Å². The van der Waals surface area contributed by atoms with Crippen LogP contribution in [0.3, 0.4) is 0 Å². The van der Waals surface area contributed by atoms with E-state index in [1.807, 2.05) is 0 Å². The van der Waals surface area contributed by atoms with Gasteiger partial charge in [-0.2, -0.15) is 0 Å². The second-order valence-electron chi connectivity index (χ2n) is 2.92. The number of carbonyl (C=O) groups excluding carboxylic acids is 1. The minimum Gasteiger partial charge on any atom is -0.392 e. The molecule has 0 aromatic carbocycles. The van der Waals surface area contributed by atoms with Gasteiger partial charge in [-0.15, -0.1) is 0 Å². The fourth-order valence-corrected chi connectivity index (χ4v) is 1.08. The van der Waals surface area contributed by atoms with Crippen LogP contribution in [0.5, 0.6) is 0 Å². The Morgan fingerprint density at radius 1 is 1.71 bits per heavy atom. The van der Waals surface area contributed by atoms with Crippen molar-refractivity contribution in [1.29, 1.82) is 0 Å². The highest BCUT2D eigenvalue weighted by molar-refractivity contribution is 9.10. The molecule has 0 aliphatic heterocycles. The summed E-state index contributed by atoms with van der Waals surface area (Å²) < 4.78 is 0.824. The van der Waals surface area contributed by atoms with Crippen LogP contribution in [-0.4, -0.2) is 28.6 Å². The minimum absolute atomic E-state index is 0.233. The van der Waals surface area contributed by atoms with Crippen molar-refractivity contribution in [1.82, 2.24) is 10.3 Å². The van der Waals surface area contributed by atoms with E-state index < -0.39 is 6.10 Å². The van der Waals surface area contributed by atoms with Crippen LogP contribution >= 0.6 is 15.9 Å². The molecule has 0 saturated heterocycles. The van der Waals surface area contributed by atoms with Gasteiger partial charge in [0.25, 0.3) is 5.91 Å². The van der Waals surface area contributed by atoms with Crippen LogP contribution in [-0.2, 0) is 0 Å². The lowest BCUT2D eigenvalue weighted by molar-refractivity contribution is 0.0919. The van der Waals surface area contributed by atoms with Crippen molar-refractivity contribution in [2.24, 2.45) is 0 Å². The number of hydrogen-bond acceptors (Lipinski definition) is 3. The lowest BCUT2D eigenvalue weighted by Gasteiger charge is -2.06. The molecule has 5 heteroatoms. The molecule has 0 bridgehead atoms. The van der Waals surface area contributed by atoms with Crippen LogP contribution in [0.25, 0.3) is 0 Å². The highest BCUT2D eigenvalue weighted by Gasteiger charge is 2.06. The van der Waals surface area contributed by atoms with Gasteiger partial charge in [-0.25, -0.2) is 4.98 Å². The van der Waals surface area contributed by atoms with E-state index in [0.29, 0.717) is 5.69 Å². The molecule has 1 rings (SSSR count). The molecule has 0 unspecified atom stereocenters. The molecule has 1 heterocycles. The van der Waals surface area contributed by atoms with E-state index in [-0.39, 0.29) is 12.5 Å². The molecule has 14 heavy (non-hydrogen) atoms. The molecule has 0 fully saturated rings. The van der Waals surface area contributed by atoms with E-state index in [1.54, 1.807) is 25.3 Å². The average Bonchev–Trinajstić information content (AvgIpc) is 2.15. The first-order valence-electron chi connectivity index (χ1n) is 4.17. The molecular formula is C9H11BrN2O2. The van der Waals surface area contributed by atoms with Gasteiger partial charge in [0, 0.05) is 17.2 Å². The SMILES string of the molecule is C[C@H](O)CNC(=O)c1ccc(Br)cn1. The number of pyridine rings is 1. The number of aromatic nitrogens is 1. The van der Waals surface area contributed by atoms with Crippen LogP contribution in [0.2, 0.25) is 0 Å². The summed E-state index contributed by atoms with van der Waals surface area (Å²) in [7, 11) is 0. The summed E-state index contributed by atoms with van der Waals surface area (Å²) in [5.41, 5.74) is 0.342. The number of amides is 1. The maximum absolute atomic E-state index is 11.4. The average molecular weight is 259 g/mol. The maximum Gasteiger partial charge on any atom is 0.269 e. The normalized spacial score (nSPS) is 12.2. The Balaban J connectivity index is 2.57. The predicted molar refractivity (Wildman–Crippen MR) is 56.0 cm³/mol. The van der Waals surface area contributed by atoms with Gasteiger partial charge in [-0.3, -0.25) is 4.79 Å². The summed E-state index contributed by atoms with van der Waals surface area (Å²) >= 11 is 3.22.